The summed E-state index contributed by atoms with van der Waals surface area (Å²) in [7, 11) is 0. The van der Waals surface area contributed by atoms with Crippen molar-refractivity contribution in [2.24, 2.45) is 0 Å². The molecule has 0 amide bonds. The van der Waals surface area contributed by atoms with Crippen LogP contribution in [0, 0.1) is 27.7 Å². The molecule has 0 bridgehead atoms. The maximum absolute atomic E-state index is 5.35. The van der Waals surface area contributed by atoms with Crippen LogP contribution in [0.2, 0.25) is 0 Å². The van der Waals surface area contributed by atoms with Gasteiger partial charge in [0, 0.05) is 29.1 Å². The van der Waals surface area contributed by atoms with Gasteiger partial charge >= 0.3 is 0 Å². The summed E-state index contributed by atoms with van der Waals surface area (Å²) in [5.41, 5.74) is 7.19. The summed E-state index contributed by atoms with van der Waals surface area (Å²) in [5.74, 6) is 1.54. The Kier molecular flexibility index (Phi) is 4.12. The Hall–Kier alpha value is -3.02. The minimum atomic E-state index is 0. The van der Waals surface area contributed by atoms with Gasteiger partial charge in [0.15, 0.2) is 0 Å². The molecule has 0 unspecified atom stereocenters. The fraction of sp³-hybridized carbons (Fsp3) is 0.263. The normalized spacial score (nSPS) is 10.9. The molecule has 128 valence electrons. The second-order valence-corrected chi connectivity index (χ2v) is 5.85. The highest BCUT2D eigenvalue weighted by atomic mass is 16.5. The fourth-order valence-corrected chi connectivity index (χ4v) is 3.17. The highest BCUT2D eigenvalue weighted by molar-refractivity contribution is 5.96. The zero-order chi connectivity index (χ0) is 16.8. The van der Waals surface area contributed by atoms with Crippen molar-refractivity contribution in [1.82, 2.24) is 20.3 Å². The van der Waals surface area contributed by atoms with Gasteiger partial charge < -0.3 is 9.05 Å². The molecule has 0 aliphatic heterocycles. The van der Waals surface area contributed by atoms with Crippen LogP contribution < -0.4 is 0 Å². The molecule has 3 aromatic heterocycles. The van der Waals surface area contributed by atoms with Gasteiger partial charge in [-0.2, -0.15) is 0 Å². The van der Waals surface area contributed by atoms with Gasteiger partial charge in [-0.15, -0.1) is 0 Å². The highest BCUT2D eigenvalue weighted by Gasteiger charge is 2.19. The molecule has 4 aromatic rings. The Morgan fingerprint density at radius 2 is 1.36 bits per heavy atom. The maximum atomic E-state index is 5.35. The van der Waals surface area contributed by atoms with Gasteiger partial charge in [0.05, 0.1) is 22.4 Å². The first-order valence-electron chi connectivity index (χ1n) is 7.67. The molecule has 0 aliphatic rings. The van der Waals surface area contributed by atoms with Crippen molar-refractivity contribution in [3.63, 3.8) is 0 Å². The number of benzene rings is 1. The summed E-state index contributed by atoms with van der Waals surface area (Å²) in [5, 5.41) is 8.13. The van der Waals surface area contributed by atoms with Gasteiger partial charge in [-0.3, -0.25) is 9.97 Å². The van der Waals surface area contributed by atoms with E-state index in [9.17, 15) is 0 Å². The lowest BCUT2D eigenvalue weighted by Crippen LogP contribution is -1.92. The average molecular weight is 336 g/mol. The van der Waals surface area contributed by atoms with Crippen LogP contribution in [0.5, 0.6) is 0 Å². The van der Waals surface area contributed by atoms with E-state index in [1.807, 2.05) is 33.8 Å². The first-order chi connectivity index (χ1) is 11.6. The summed E-state index contributed by atoms with van der Waals surface area (Å²) < 4.78 is 10.7. The molecule has 25 heavy (non-hydrogen) atoms. The number of fused-ring (bicyclic) bond motifs is 1. The van der Waals surface area contributed by atoms with Crippen molar-refractivity contribution in [1.29, 1.82) is 0 Å². The Morgan fingerprint density at radius 1 is 0.760 bits per heavy atom. The molecule has 0 radical (unpaired) electrons. The van der Waals surface area contributed by atoms with E-state index < -0.39 is 0 Å². The molecule has 6 heteroatoms. The van der Waals surface area contributed by atoms with E-state index in [1.54, 1.807) is 12.4 Å². The molecule has 0 fully saturated rings. The van der Waals surface area contributed by atoms with Gasteiger partial charge in [-0.1, -0.05) is 17.7 Å². The number of rotatable bonds is 2. The van der Waals surface area contributed by atoms with Gasteiger partial charge in [-0.05, 0) is 45.4 Å². The monoisotopic (exact) mass is 336 g/mol. The molecule has 0 spiro atoms. The molecule has 6 nitrogen and oxygen atoms in total. The van der Waals surface area contributed by atoms with Crippen molar-refractivity contribution in [3.8, 4) is 22.3 Å². The fourth-order valence-electron chi connectivity index (χ4n) is 3.17. The van der Waals surface area contributed by atoms with Crippen molar-refractivity contribution < 1.29 is 9.05 Å². The largest absolute Gasteiger partial charge is 0.361 e. The van der Waals surface area contributed by atoms with E-state index in [2.05, 4.69) is 26.3 Å². The lowest BCUT2D eigenvalue weighted by Gasteiger charge is -2.09. The molecule has 3 heterocycles. The van der Waals surface area contributed by atoms with Crippen LogP contribution in [0.3, 0.4) is 0 Å². The second-order valence-electron chi connectivity index (χ2n) is 5.85. The zero-order valence-corrected chi connectivity index (χ0v) is 13.9. The smallest absolute Gasteiger partial charge is 0.141 e. The second kappa shape index (κ2) is 6.12. The molecule has 0 aliphatic carbocycles. The van der Waals surface area contributed by atoms with E-state index in [-0.39, 0.29) is 7.43 Å². The Balaban J connectivity index is 0.00000182. The Labute approximate surface area is 145 Å². The third kappa shape index (κ3) is 2.59. The van der Waals surface area contributed by atoms with Gasteiger partial charge in [-0.25, -0.2) is 0 Å². The third-order valence-corrected chi connectivity index (χ3v) is 4.20. The van der Waals surface area contributed by atoms with Crippen molar-refractivity contribution >= 4 is 11.0 Å². The summed E-state index contributed by atoms with van der Waals surface area (Å²) in [4.78, 5) is 8.99. The minimum Gasteiger partial charge on any atom is -0.361 e. The summed E-state index contributed by atoms with van der Waals surface area (Å²) >= 11 is 0. The first kappa shape index (κ1) is 16.8. The van der Waals surface area contributed by atoms with Gasteiger partial charge in [0.2, 0.25) is 0 Å². The Bertz CT molecular complexity index is 1020. The van der Waals surface area contributed by atoms with Crippen LogP contribution in [0.15, 0.2) is 33.6 Å². The summed E-state index contributed by atoms with van der Waals surface area (Å²) in [6, 6.07) is 4.09. The number of aromatic nitrogens is 4. The van der Waals surface area contributed by atoms with Crippen LogP contribution in [-0.2, 0) is 0 Å². The number of nitrogens with zero attached hydrogens (tertiary/aromatic N) is 4. The molecular formula is C19H20N4O2. The van der Waals surface area contributed by atoms with Crippen LogP contribution in [0.25, 0.3) is 33.3 Å². The van der Waals surface area contributed by atoms with E-state index in [4.69, 9.17) is 9.05 Å². The predicted octanol–water partition coefficient (Wildman–Crippen LogP) is 4.81. The topological polar surface area (TPSA) is 77.8 Å². The van der Waals surface area contributed by atoms with Crippen molar-refractivity contribution in [3.05, 3.63) is 47.4 Å². The minimum absolute atomic E-state index is 0. The molecule has 1 aromatic carbocycles. The number of aryl methyl sites for hydroxylation is 4. The summed E-state index contributed by atoms with van der Waals surface area (Å²) in [6.07, 6.45) is 3.39. The lowest BCUT2D eigenvalue weighted by molar-refractivity contribution is 0.393. The third-order valence-electron chi connectivity index (χ3n) is 4.20. The zero-order valence-electron chi connectivity index (χ0n) is 13.9. The molecule has 0 saturated carbocycles. The van der Waals surface area contributed by atoms with Crippen LogP contribution in [0.4, 0.5) is 0 Å². The predicted molar refractivity (Wildman–Crippen MR) is 96.2 cm³/mol. The average Bonchev–Trinajstić information content (AvgIpc) is 3.08. The van der Waals surface area contributed by atoms with E-state index in [0.29, 0.717) is 0 Å². The molecule has 4 rings (SSSR count). The quantitative estimate of drug-likeness (QED) is 0.523. The lowest BCUT2D eigenvalue weighted by atomic mass is 9.95. The van der Waals surface area contributed by atoms with E-state index in [1.165, 1.54) is 0 Å². The number of hydrogen-bond donors (Lipinski definition) is 0. The highest BCUT2D eigenvalue weighted by Crippen LogP contribution is 2.37. The first-order valence-corrected chi connectivity index (χ1v) is 7.67. The SMILES string of the molecule is C.Cc1noc(C)c1-c1cc(-c2c(C)noc2C)c2nccnc2c1. The van der Waals surface area contributed by atoms with Crippen molar-refractivity contribution in [2.75, 3.05) is 0 Å². The maximum Gasteiger partial charge on any atom is 0.141 e. The number of hydrogen-bond acceptors (Lipinski definition) is 6. The van der Waals surface area contributed by atoms with Gasteiger partial charge in [0.1, 0.15) is 11.5 Å². The standard InChI is InChI=1S/C18H16N4O2.CH4/c1-9-16(11(3)23-21-9)13-7-14(17-10(2)22-24-12(17)4)18-15(8-13)19-5-6-20-18;/h5-8H,1-4H3;1H4. The van der Waals surface area contributed by atoms with Crippen LogP contribution in [0.1, 0.15) is 30.3 Å². The van der Waals surface area contributed by atoms with E-state index >= 15 is 0 Å². The summed E-state index contributed by atoms with van der Waals surface area (Å²) in [6.45, 7) is 7.67. The van der Waals surface area contributed by atoms with Crippen LogP contribution >= 0.6 is 0 Å². The molecule has 0 N–H and O–H groups in total. The molecule has 0 atom stereocenters. The van der Waals surface area contributed by atoms with Gasteiger partial charge in [0.25, 0.3) is 0 Å². The van der Waals surface area contributed by atoms with Crippen molar-refractivity contribution in [2.45, 2.75) is 35.1 Å². The van der Waals surface area contributed by atoms with Crippen LogP contribution in [-0.4, -0.2) is 20.3 Å². The van der Waals surface area contributed by atoms with E-state index in [0.717, 1.165) is 56.2 Å². The Morgan fingerprint density at radius 3 is 1.96 bits per heavy atom. The molecular weight excluding hydrogens is 316 g/mol. The molecule has 0 saturated heterocycles.